The van der Waals surface area contributed by atoms with Crippen LogP contribution < -0.4 is 4.74 Å². The lowest BCUT2D eigenvalue weighted by molar-refractivity contribution is -0.0499. The molecule has 19 heavy (non-hydrogen) atoms. The molecule has 0 bridgehead atoms. The summed E-state index contributed by atoms with van der Waals surface area (Å²) in [6.45, 7) is -0.334. The molecule has 0 saturated carbocycles. The Morgan fingerprint density at radius 1 is 1.53 bits per heavy atom. The number of alkyl halides is 2. The summed E-state index contributed by atoms with van der Waals surface area (Å²) < 4.78 is 29.0. The normalized spacial score (nSPS) is 17.0. The molecule has 0 aromatic carbocycles. The quantitative estimate of drug-likeness (QED) is 0.929. The van der Waals surface area contributed by atoms with Gasteiger partial charge in [0, 0.05) is 18.0 Å². The third kappa shape index (κ3) is 3.42. The van der Waals surface area contributed by atoms with Crippen LogP contribution in [0.4, 0.5) is 8.78 Å². The maximum Gasteiger partial charge on any atom is 0.387 e. The minimum atomic E-state index is -2.94. The molecule has 0 radical (unpaired) electrons. The summed E-state index contributed by atoms with van der Waals surface area (Å²) in [6, 6.07) is 1.45. The van der Waals surface area contributed by atoms with Gasteiger partial charge in [0.1, 0.15) is 10.6 Å². The van der Waals surface area contributed by atoms with E-state index in [-0.39, 0.29) is 22.6 Å². The van der Waals surface area contributed by atoms with Gasteiger partial charge in [-0.3, -0.25) is 4.79 Å². The Labute approximate surface area is 113 Å². The number of ether oxygens (including phenoxy) is 1. The van der Waals surface area contributed by atoms with Crippen molar-refractivity contribution in [3.05, 3.63) is 15.8 Å². The Hall–Kier alpha value is -1.21. The molecule has 0 atom stereocenters. The topological polar surface area (TPSA) is 49.8 Å². The van der Waals surface area contributed by atoms with Gasteiger partial charge < -0.3 is 14.7 Å². The van der Waals surface area contributed by atoms with Gasteiger partial charge in [0.2, 0.25) is 0 Å². The van der Waals surface area contributed by atoms with Crippen molar-refractivity contribution >= 4 is 17.2 Å². The van der Waals surface area contributed by atoms with Crippen molar-refractivity contribution in [2.45, 2.75) is 32.5 Å². The van der Waals surface area contributed by atoms with Crippen LogP contribution in [0.25, 0.3) is 0 Å². The van der Waals surface area contributed by atoms with E-state index in [1.54, 1.807) is 11.8 Å². The Balaban J connectivity index is 2.14. The third-order valence-electron chi connectivity index (χ3n) is 2.98. The molecule has 1 aromatic rings. The average Bonchev–Trinajstić information content (AvgIpc) is 2.69. The minimum Gasteiger partial charge on any atom is -0.433 e. The van der Waals surface area contributed by atoms with Gasteiger partial charge in [0.05, 0.1) is 6.10 Å². The maximum atomic E-state index is 12.3. The lowest BCUT2D eigenvalue weighted by atomic mass is 10.1. The predicted octanol–water partition coefficient (Wildman–Crippen LogP) is 2.25. The summed E-state index contributed by atoms with van der Waals surface area (Å²) in [6.07, 6.45) is 0.647. The van der Waals surface area contributed by atoms with E-state index in [0.717, 1.165) is 16.2 Å². The van der Waals surface area contributed by atoms with Crippen LogP contribution in [0.5, 0.6) is 5.75 Å². The van der Waals surface area contributed by atoms with Crippen molar-refractivity contribution < 1.29 is 23.4 Å². The molecule has 1 aliphatic rings. The van der Waals surface area contributed by atoms with E-state index in [1.165, 1.54) is 6.07 Å². The number of halogens is 2. The Bertz CT molecular complexity index is 456. The van der Waals surface area contributed by atoms with Gasteiger partial charge in [-0.05, 0) is 25.8 Å². The first kappa shape index (κ1) is 14.2. The second-order valence-electron chi connectivity index (χ2n) is 4.45. The highest BCUT2D eigenvalue weighted by Crippen LogP contribution is 2.32. The molecule has 1 amide bonds. The molecule has 2 heterocycles. The van der Waals surface area contributed by atoms with Crippen LogP contribution >= 0.6 is 11.3 Å². The first-order valence-corrected chi connectivity index (χ1v) is 6.81. The number of likely N-dealkylation sites (tertiary alicyclic amines) is 1. The van der Waals surface area contributed by atoms with Crippen LogP contribution in [0.15, 0.2) is 6.07 Å². The standard InChI is InChI=1S/C12H15F2NO3S/c1-7-6-9(18-12(13)14)10(19-7)11(17)15-4-2-8(16)3-5-15/h6,8,12,16H,2-5H2,1H3. The first-order chi connectivity index (χ1) is 8.97. The molecule has 106 valence electrons. The zero-order valence-corrected chi connectivity index (χ0v) is 11.3. The number of aliphatic hydroxyl groups is 1. The molecule has 1 fully saturated rings. The number of piperidine rings is 1. The maximum absolute atomic E-state index is 12.3. The second kappa shape index (κ2) is 5.83. The number of aliphatic hydroxyl groups excluding tert-OH is 1. The highest BCUT2D eigenvalue weighted by Gasteiger charge is 2.27. The van der Waals surface area contributed by atoms with Gasteiger partial charge in [-0.2, -0.15) is 8.78 Å². The molecule has 1 saturated heterocycles. The summed E-state index contributed by atoms with van der Waals surface area (Å²) in [5.41, 5.74) is 0. The van der Waals surface area contributed by atoms with Crippen molar-refractivity contribution in [2.24, 2.45) is 0 Å². The van der Waals surface area contributed by atoms with Crippen LogP contribution in [0.2, 0.25) is 0 Å². The molecule has 1 aromatic heterocycles. The van der Waals surface area contributed by atoms with Crippen LogP contribution in [0, 0.1) is 6.92 Å². The van der Waals surface area contributed by atoms with Crippen molar-refractivity contribution in [1.82, 2.24) is 4.90 Å². The Morgan fingerprint density at radius 2 is 2.16 bits per heavy atom. The summed E-state index contributed by atoms with van der Waals surface area (Å²) in [5, 5.41) is 9.40. The van der Waals surface area contributed by atoms with E-state index in [1.807, 2.05) is 0 Å². The largest absolute Gasteiger partial charge is 0.433 e. The molecular formula is C12H15F2NO3S. The number of thiophene rings is 1. The van der Waals surface area contributed by atoms with Crippen molar-refractivity contribution in [3.8, 4) is 5.75 Å². The van der Waals surface area contributed by atoms with E-state index in [0.29, 0.717) is 25.9 Å². The molecular weight excluding hydrogens is 276 g/mol. The number of aryl methyl sites for hydroxylation is 1. The van der Waals surface area contributed by atoms with Crippen LogP contribution in [0.1, 0.15) is 27.4 Å². The fourth-order valence-corrected chi connectivity index (χ4v) is 2.95. The van der Waals surface area contributed by atoms with E-state index in [4.69, 9.17) is 0 Å². The predicted molar refractivity (Wildman–Crippen MR) is 66.8 cm³/mol. The van der Waals surface area contributed by atoms with Gasteiger partial charge in [-0.25, -0.2) is 0 Å². The van der Waals surface area contributed by atoms with Gasteiger partial charge >= 0.3 is 6.61 Å². The number of rotatable bonds is 3. The monoisotopic (exact) mass is 291 g/mol. The van der Waals surface area contributed by atoms with E-state index < -0.39 is 6.61 Å². The molecule has 1 aliphatic heterocycles. The Kier molecular flexibility index (Phi) is 4.36. The molecule has 1 N–H and O–H groups in total. The summed E-state index contributed by atoms with van der Waals surface area (Å²) in [5.74, 6) is -0.366. The van der Waals surface area contributed by atoms with E-state index >= 15 is 0 Å². The van der Waals surface area contributed by atoms with Crippen LogP contribution in [-0.2, 0) is 0 Å². The van der Waals surface area contributed by atoms with E-state index in [9.17, 15) is 18.7 Å². The Morgan fingerprint density at radius 3 is 2.74 bits per heavy atom. The molecule has 4 nitrogen and oxygen atoms in total. The second-order valence-corrected chi connectivity index (χ2v) is 5.71. The van der Waals surface area contributed by atoms with Gasteiger partial charge in [-0.15, -0.1) is 11.3 Å². The first-order valence-electron chi connectivity index (χ1n) is 6.00. The summed E-state index contributed by atoms with van der Waals surface area (Å²) in [4.78, 5) is 14.8. The number of nitrogens with zero attached hydrogens (tertiary/aromatic N) is 1. The number of hydrogen-bond acceptors (Lipinski definition) is 4. The van der Waals surface area contributed by atoms with Crippen molar-refractivity contribution in [3.63, 3.8) is 0 Å². The number of amides is 1. The third-order valence-corrected chi connectivity index (χ3v) is 4.00. The van der Waals surface area contributed by atoms with Crippen molar-refractivity contribution in [1.29, 1.82) is 0 Å². The van der Waals surface area contributed by atoms with E-state index in [2.05, 4.69) is 4.74 Å². The van der Waals surface area contributed by atoms with Gasteiger partial charge in [0.15, 0.2) is 0 Å². The number of carbonyl (C=O) groups is 1. The number of carbonyl (C=O) groups excluding carboxylic acids is 1. The fraction of sp³-hybridized carbons (Fsp3) is 0.583. The SMILES string of the molecule is Cc1cc(OC(F)F)c(C(=O)N2CCC(O)CC2)s1. The summed E-state index contributed by atoms with van der Waals surface area (Å²) >= 11 is 1.15. The van der Waals surface area contributed by atoms with Crippen molar-refractivity contribution in [2.75, 3.05) is 13.1 Å². The molecule has 7 heteroatoms. The molecule has 0 aliphatic carbocycles. The zero-order chi connectivity index (χ0) is 14.0. The zero-order valence-electron chi connectivity index (χ0n) is 10.4. The van der Waals surface area contributed by atoms with Gasteiger partial charge in [-0.1, -0.05) is 0 Å². The lowest BCUT2D eigenvalue weighted by Crippen LogP contribution is -2.39. The molecule has 0 unspecified atom stereocenters. The molecule has 2 rings (SSSR count). The fourth-order valence-electron chi connectivity index (χ4n) is 2.04. The van der Waals surface area contributed by atoms with Crippen LogP contribution in [-0.4, -0.2) is 41.7 Å². The summed E-state index contributed by atoms with van der Waals surface area (Å²) in [7, 11) is 0. The molecule has 0 spiro atoms. The highest BCUT2D eigenvalue weighted by atomic mass is 32.1. The lowest BCUT2D eigenvalue weighted by Gasteiger charge is -2.29. The average molecular weight is 291 g/mol. The smallest absolute Gasteiger partial charge is 0.387 e. The van der Waals surface area contributed by atoms with Gasteiger partial charge in [0.25, 0.3) is 5.91 Å². The minimum absolute atomic E-state index is 0.0615. The number of hydrogen-bond donors (Lipinski definition) is 1. The highest BCUT2D eigenvalue weighted by molar-refractivity contribution is 7.14. The van der Waals surface area contributed by atoms with Crippen LogP contribution in [0.3, 0.4) is 0 Å².